The molecule has 0 aromatic carbocycles. The number of nitrogens with two attached hydrogens (primary N) is 1. The third kappa shape index (κ3) is 2.59. The molecule has 2 N–H and O–H groups in total. The maximum Gasteiger partial charge on any atom is 0.127 e. The Labute approximate surface area is 123 Å². The molecule has 0 bridgehead atoms. The molecule has 1 unspecified atom stereocenters. The largest absolute Gasteiger partial charge is 0.384 e. The van der Waals surface area contributed by atoms with Gasteiger partial charge in [-0.1, -0.05) is 39.5 Å². The van der Waals surface area contributed by atoms with Gasteiger partial charge in [0.05, 0.1) is 5.69 Å². The van der Waals surface area contributed by atoms with Gasteiger partial charge in [0.1, 0.15) is 11.6 Å². The van der Waals surface area contributed by atoms with Crippen molar-refractivity contribution in [2.45, 2.75) is 89.5 Å². The zero-order valence-corrected chi connectivity index (χ0v) is 13.1. The van der Waals surface area contributed by atoms with E-state index < -0.39 is 0 Å². The molecule has 0 aliphatic heterocycles. The fourth-order valence-electron chi connectivity index (χ4n) is 3.78. The third-order valence-corrected chi connectivity index (χ3v) is 5.07. The van der Waals surface area contributed by atoms with E-state index in [2.05, 4.69) is 18.4 Å². The SMILES string of the molecule is CCCC(C)c1nc(C2CCCCC2)n(C2CC2)c1N. The summed E-state index contributed by atoms with van der Waals surface area (Å²) in [7, 11) is 0. The van der Waals surface area contributed by atoms with E-state index in [9.17, 15) is 0 Å². The van der Waals surface area contributed by atoms with Crippen molar-refractivity contribution in [1.82, 2.24) is 9.55 Å². The Morgan fingerprint density at radius 2 is 1.90 bits per heavy atom. The van der Waals surface area contributed by atoms with Gasteiger partial charge in [0, 0.05) is 17.9 Å². The molecule has 3 nitrogen and oxygen atoms in total. The molecule has 1 aromatic rings. The lowest BCUT2D eigenvalue weighted by molar-refractivity contribution is 0.416. The zero-order valence-electron chi connectivity index (χ0n) is 13.1. The van der Waals surface area contributed by atoms with Gasteiger partial charge in [-0.15, -0.1) is 0 Å². The first-order valence-electron chi connectivity index (χ1n) is 8.59. The topological polar surface area (TPSA) is 43.8 Å². The summed E-state index contributed by atoms with van der Waals surface area (Å²) in [5, 5.41) is 0. The summed E-state index contributed by atoms with van der Waals surface area (Å²) in [5.74, 6) is 3.47. The summed E-state index contributed by atoms with van der Waals surface area (Å²) < 4.78 is 2.41. The van der Waals surface area contributed by atoms with Gasteiger partial charge < -0.3 is 10.3 Å². The number of anilines is 1. The number of hydrogen-bond acceptors (Lipinski definition) is 2. The first-order chi connectivity index (χ1) is 9.72. The Morgan fingerprint density at radius 1 is 1.20 bits per heavy atom. The average molecular weight is 275 g/mol. The standard InChI is InChI=1S/C17H29N3/c1-3-7-12(2)15-16(18)20(14-10-11-14)17(19-15)13-8-5-4-6-9-13/h12-14H,3-11,18H2,1-2H3. The molecule has 2 fully saturated rings. The van der Waals surface area contributed by atoms with Gasteiger partial charge in [0.15, 0.2) is 0 Å². The van der Waals surface area contributed by atoms with E-state index in [0.717, 1.165) is 5.82 Å². The normalized spacial score (nSPS) is 22.1. The predicted octanol–water partition coefficient (Wildman–Crippen LogP) is 4.75. The molecular formula is C17H29N3. The molecule has 2 aliphatic rings. The van der Waals surface area contributed by atoms with Crippen LogP contribution in [0.5, 0.6) is 0 Å². The van der Waals surface area contributed by atoms with Crippen LogP contribution < -0.4 is 5.73 Å². The van der Waals surface area contributed by atoms with Gasteiger partial charge in [-0.25, -0.2) is 4.98 Å². The summed E-state index contributed by atoms with van der Waals surface area (Å²) in [6.45, 7) is 4.52. The minimum atomic E-state index is 0.502. The fraction of sp³-hybridized carbons (Fsp3) is 0.824. The number of imidazole rings is 1. The second-order valence-corrected chi connectivity index (χ2v) is 6.87. The predicted molar refractivity (Wildman–Crippen MR) is 84.1 cm³/mol. The number of nitrogen functional groups attached to an aromatic ring is 1. The molecule has 1 aromatic heterocycles. The van der Waals surface area contributed by atoms with Crippen molar-refractivity contribution in [3.63, 3.8) is 0 Å². The highest BCUT2D eigenvalue weighted by Gasteiger charge is 2.33. The second kappa shape index (κ2) is 5.79. The lowest BCUT2D eigenvalue weighted by Gasteiger charge is -2.22. The van der Waals surface area contributed by atoms with E-state index in [0.29, 0.717) is 17.9 Å². The molecule has 0 amide bonds. The van der Waals surface area contributed by atoms with Crippen molar-refractivity contribution in [1.29, 1.82) is 0 Å². The van der Waals surface area contributed by atoms with E-state index in [4.69, 9.17) is 10.7 Å². The average Bonchev–Trinajstić information content (AvgIpc) is 3.23. The molecule has 0 spiro atoms. The Hall–Kier alpha value is -0.990. The quantitative estimate of drug-likeness (QED) is 0.842. The van der Waals surface area contributed by atoms with Crippen LogP contribution in [-0.2, 0) is 0 Å². The van der Waals surface area contributed by atoms with Crippen molar-refractivity contribution in [3.8, 4) is 0 Å². The Bertz CT molecular complexity index is 453. The van der Waals surface area contributed by atoms with E-state index in [1.54, 1.807) is 0 Å². The number of aromatic nitrogens is 2. The van der Waals surface area contributed by atoms with Gasteiger partial charge in [-0.2, -0.15) is 0 Å². The first-order valence-corrected chi connectivity index (χ1v) is 8.59. The van der Waals surface area contributed by atoms with Gasteiger partial charge in [0.25, 0.3) is 0 Å². The summed E-state index contributed by atoms with van der Waals surface area (Å²) in [5.41, 5.74) is 7.66. The molecular weight excluding hydrogens is 246 g/mol. The highest BCUT2D eigenvalue weighted by Crippen LogP contribution is 2.44. The maximum absolute atomic E-state index is 6.48. The molecule has 2 saturated carbocycles. The van der Waals surface area contributed by atoms with Crippen molar-refractivity contribution in [2.75, 3.05) is 5.73 Å². The Balaban J connectivity index is 1.92. The minimum Gasteiger partial charge on any atom is -0.384 e. The van der Waals surface area contributed by atoms with Crippen LogP contribution in [0.2, 0.25) is 0 Å². The maximum atomic E-state index is 6.48. The lowest BCUT2D eigenvalue weighted by atomic mass is 9.88. The van der Waals surface area contributed by atoms with Gasteiger partial charge in [0.2, 0.25) is 0 Å². The monoisotopic (exact) mass is 275 g/mol. The Kier molecular flexibility index (Phi) is 4.04. The molecule has 20 heavy (non-hydrogen) atoms. The summed E-state index contributed by atoms with van der Waals surface area (Å²) >= 11 is 0. The summed E-state index contributed by atoms with van der Waals surface area (Å²) in [6, 6.07) is 0.655. The van der Waals surface area contributed by atoms with Crippen molar-refractivity contribution >= 4 is 5.82 Å². The highest BCUT2D eigenvalue weighted by molar-refractivity contribution is 5.42. The number of hydrogen-bond donors (Lipinski definition) is 1. The number of nitrogens with zero attached hydrogens (tertiary/aromatic N) is 2. The lowest BCUT2D eigenvalue weighted by Crippen LogP contribution is -2.12. The summed E-state index contributed by atoms with van der Waals surface area (Å²) in [4.78, 5) is 5.05. The third-order valence-electron chi connectivity index (χ3n) is 5.07. The Morgan fingerprint density at radius 3 is 2.50 bits per heavy atom. The molecule has 112 valence electrons. The first kappa shape index (κ1) is 14.0. The van der Waals surface area contributed by atoms with Crippen LogP contribution >= 0.6 is 0 Å². The van der Waals surface area contributed by atoms with Crippen LogP contribution in [0.1, 0.15) is 101 Å². The van der Waals surface area contributed by atoms with Crippen molar-refractivity contribution in [3.05, 3.63) is 11.5 Å². The van der Waals surface area contributed by atoms with Crippen LogP contribution in [0.25, 0.3) is 0 Å². The van der Waals surface area contributed by atoms with Crippen LogP contribution in [0.15, 0.2) is 0 Å². The highest BCUT2D eigenvalue weighted by atomic mass is 15.2. The minimum absolute atomic E-state index is 0.502. The second-order valence-electron chi connectivity index (χ2n) is 6.87. The van der Waals surface area contributed by atoms with Crippen molar-refractivity contribution < 1.29 is 0 Å². The molecule has 0 saturated heterocycles. The van der Waals surface area contributed by atoms with E-state index in [-0.39, 0.29) is 0 Å². The molecule has 3 heteroatoms. The molecule has 3 rings (SSSR count). The molecule has 1 atom stereocenters. The smallest absolute Gasteiger partial charge is 0.127 e. The fourth-order valence-corrected chi connectivity index (χ4v) is 3.78. The molecule has 1 heterocycles. The van der Waals surface area contributed by atoms with Crippen molar-refractivity contribution in [2.24, 2.45) is 0 Å². The van der Waals surface area contributed by atoms with E-state index >= 15 is 0 Å². The van der Waals surface area contributed by atoms with Gasteiger partial charge in [-0.05, 0) is 32.1 Å². The molecule has 0 radical (unpaired) electrons. The van der Waals surface area contributed by atoms with Gasteiger partial charge >= 0.3 is 0 Å². The van der Waals surface area contributed by atoms with Crippen LogP contribution in [0.3, 0.4) is 0 Å². The number of rotatable bonds is 5. The summed E-state index contributed by atoms with van der Waals surface area (Å²) in [6.07, 6.45) is 11.7. The molecule has 2 aliphatic carbocycles. The van der Waals surface area contributed by atoms with E-state index in [1.165, 1.54) is 69.3 Å². The van der Waals surface area contributed by atoms with E-state index in [1.807, 2.05) is 0 Å². The zero-order chi connectivity index (χ0) is 14.1. The van der Waals surface area contributed by atoms with Crippen LogP contribution in [0.4, 0.5) is 5.82 Å². The van der Waals surface area contributed by atoms with Crippen LogP contribution in [-0.4, -0.2) is 9.55 Å². The van der Waals surface area contributed by atoms with Gasteiger partial charge in [-0.3, -0.25) is 0 Å². The van der Waals surface area contributed by atoms with Crippen LogP contribution in [0, 0.1) is 0 Å².